The summed E-state index contributed by atoms with van der Waals surface area (Å²) in [4.78, 5) is 11.6. The Kier molecular flexibility index (Phi) is 4.34. The molecule has 1 rings (SSSR count). The minimum Gasteiger partial charge on any atom is -0.476 e. The maximum Gasteiger partial charge on any atom is 0.316 e. The van der Waals surface area contributed by atoms with Crippen molar-refractivity contribution in [1.29, 1.82) is 0 Å². The van der Waals surface area contributed by atoms with Gasteiger partial charge in [0.25, 0.3) is 5.88 Å². The second-order valence-corrected chi connectivity index (χ2v) is 3.75. The summed E-state index contributed by atoms with van der Waals surface area (Å²) in [6.07, 6.45) is 0. The molecule has 0 N–H and O–H groups in total. The number of rotatable bonds is 5. The maximum atomic E-state index is 11.6. The highest BCUT2D eigenvalue weighted by Crippen LogP contribution is 2.28. The van der Waals surface area contributed by atoms with Crippen LogP contribution in [0.25, 0.3) is 0 Å². The van der Waals surface area contributed by atoms with Gasteiger partial charge in [-0.2, -0.15) is 0 Å². The fourth-order valence-corrected chi connectivity index (χ4v) is 1.48. The van der Waals surface area contributed by atoms with Crippen molar-refractivity contribution in [1.82, 2.24) is 5.16 Å². The van der Waals surface area contributed by atoms with E-state index in [1.165, 1.54) is 7.11 Å². The molecule has 16 heavy (non-hydrogen) atoms. The second-order valence-electron chi connectivity index (χ2n) is 3.75. The Labute approximate surface area is 94.7 Å². The molecule has 1 aromatic rings. The zero-order valence-electron chi connectivity index (χ0n) is 10.0. The van der Waals surface area contributed by atoms with Crippen molar-refractivity contribution in [3.8, 4) is 5.88 Å². The molecule has 0 radical (unpaired) electrons. The summed E-state index contributed by atoms with van der Waals surface area (Å²) in [5.74, 6) is 0.188. The SMILES string of the molecule is CCOc1cc(C(C(=O)OC)C(C)C)on1. The van der Waals surface area contributed by atoms with E-state index in [1.807, 2.05) is 20.8 Å². The third-order valence-corrected chi connectivity index (χ3v) is 2.23. The fourth-order valence-electron chi connectivity index (χ4n) is 1.48. The van der Waals surface area contributed by atoms with Gasteiger partial charge in [0.05, 0.1) is 13.7 Å². The van der Waals surface area contributed by atoms with Crippen LogP contribution in [-0.4, -0.2) is 24.8 Å². The van der Waals surface area contributed by atoms with E-state index in [9.17, 15) is 4.79 Å². The molecule has 1 aromatic heterocycles. The molecule has 1 unspecified atom stereocenters. The number of methoxy groups -OCH3 is 1. The highest BCUT2D eigenvalue weighted by atomic mass is 16.5. The zero-order valence-corrected chi connectivity index (χ0v) is 10.0. The molecule has 1 atom stereocenters. The van der Waals surface area contributed by atoms with Gasteiger partial charge in [-0.25, -0.2) is 0 Å². The Morgan fingerprint density at radius 3 is 2.75 bits per heavy atom. The Hall–Kier alpha value is -1.52. The lowest BCUT2D eigenvalue weighted by Crippen LogP contribution is -2.19. The smallest absolute Gasteiger partial charge is 0.316 e. The number of ether oxygens (including phenoxy) is 2. The average molecular weight is 227 g/mol. The first-order chi connectivity index (χ1) is 7.60. The molecular weight excluding hydrogens is 210 g/mol. The summed E-state index contributed by atoms with van der Waals surface area (Å²) in [5, 5.41) is 3.72. The number of hydrogen-bond donors (Lipinski definition) is 0. The standard InChI is InChI=1S/C11H17NO4/c1-5-15-9-6-8(16-12-9)10(7(2)3)11(13)14-4/h6-7,10H,5H2,1-4H3. The summed E-state index contributed by atoms with van der Waals surface area (Å²) >= 11 is 0. The first-order valence-corrected chi connectivity index (χ1v) is 5.27. The lowest BCUT2D eigenvalue weighted by atomic mass is 9.93. The van der Waals surface area contributed by atoms with Gasteiger partial charge in [-0.3, -0.25) is 4.79 Å². The Morgan fingerprint density at radius 2 is 2.25 bits per heavy atom. The van der Waals surface area contributed by atoms with E-state index in [0.29, 0.717) is 18.2 Å². The summed E-state index contributed by atoms with van der Waals surface area (Å²) in [6.45, 7) is 6.21. The van der Waals surface area contributed by atoms with Crippen molar-refractivity contribution in [3.05, 3.63) is 11.8 Å². The Bertz CT molecular complexity index is 346. The molecule has 0 aliphatic carbocycles. The third kappa shape index (κ3) is 2.74. The minimum atomic E-state index is -0.438. The van der Waals surface area contributed by atoms with E-state index in [1.54, 1.807) is 6.07 Å². The van der Waals surface area contributed by atoms with Crippen molar-refractivity contribution in [2.45, 2.75) is 26.7 Å². The number of esters is 1. The van der Waals surface area contributed by atoms with E-state index < -0.39 is 5.92 Å². The summed E-state index contributed by atoms with van der Waals surface area (Å²) in [7, 11) is 1.36. The number of carbonyl (C=O) groups is 1. The van der Waals surface area contributed by atoms with Gasteiger partial charge in [0, 0.05) is 6.07 Å². The van der Waals surface area contributed by atoms with Gasteiger partial charge in [-0.15, -0.1) is 0 Å². The summed E-state index contributed by atoms with van der Waals surface area (Å²) in [5.41, 5.74) is 0. The summed E-state index contributed by atoms with van der Waals surface area (Å²) in [6, 6.07) is 1.63. The van der Waals surface area contributed by atoms with Crippen LogP contribution in [0.5, 0.6) is 5.88 Å². The predicted molar refractivity (Wildman–Crippen MR) is 57.3 cm³/mol. The van der Waals surface area contributed by atoms with E-state index in [-0.39, 0.29) is 11.9 Å². The molecule has 0 saturated carbocycles. The molecular formula is C11H17NO4. The highest BCUT2D eigenvalue weighted by Gasteiger charge is 2.29. The molecule has 0 fully saturated rings. The molecule has 0 amide bonds. The first kappa shape index (κ1) is 12.5. The van der Waals surface area contributed by atoms with E-state index in [0.717, 1.165) is 0 Å². The van der Waals surface area contributed by atoms with Crippen molar-refractivity contribution in [3.63, 3.8) is 0 Å². The predicted octanol–water partition coefficient (Wildman–Crippen LogP) is 1.99. The highest BCUT2D eigenvalue weighted by molar-refractivity contribution is 5.77. The summed E-state index contributed by atoms with van der Waals surface area (Å²) < 4.78 is 15.0. The topological polar surface area (TPSA) is 61.6 Å². The van der Waals surface area contributed by atoms with Gasteiger partial charge >= 0.3 is 5.97 Å². The molecule has 5 nitrogen and oxygen atoms in total. The quantitative estimate of drug-likeness (QED) is 0.720. The number of hydrogen-bond acceptors (Lipinski definition) is 5. The van der Waals surface area contributed by atoms with Crippen molar-refractivity contribution < 1.29 is 18.8 Å². The Balaban J connectivity index is 2.88. The maximum absolute atomic E-state index is 11.6. The lowest BCUT2D eigenvalue weighted by molar-refractivity contribution is -0.144. The van der Waals surface area contributed by atoms with Crippen LogP contribution in [0.3, 0.4) is 0 Å². The van der Waals surface area contributed by atoms with Crippen LogP contribution in [-0.2, 0) is 9.53 Å². The number of nitrogens with zero attached hydrogens (tertiary/aromatic N) is 1. The van der Waals surface area contributed by atoms with Crippen molar-refractivity contribution >= 4 is 5.97 Å². The van der Waals surface area contributed by atoms with Crippen LogP contribution in [0.1, 0.15) is 32.4 Å². The van der Waals surface area contributed by atoms with Crippen molar-refractivity contribution in [2.75, 3.05) is 13.7 Å². The van der Waals surface area contributed by atoms with Gasteiger partial charge in [0.2, 0.25) is 0 Å². The Morgan fingerprint density at radius 1 is 1.56 bits per heavy atom. The molecule has 0 bridgehead atoms. The van der Waals surface area contributed by atoms with E-state index in [2.05, 4.69) is 5.16 Å². The van der Waals surface area contributed by atoms with Gasteiger partial charge in [0.1, 0.15) is 5.92 Å². The number of carbonyl (C=O) groups excluding carboxylic acids is 1. The van der Waals surface area contributed by atoms with Crippen LogP contribution in [0.15, 0.2) is 10.6 Å². The van der Waals surface area contributed by atoms with Crippen molar-refractivity contribution in [2.24, 2.45) is 5.92 Å². The molecule has 0 aromatic carbocycles. The molecule has 90 valence electrons. The largest absolute Gasteiger partial charge is 0.476 e. The zero-order chi connectivity index (χ0) is 12.1. The van der Waals surface area contributed by atoms with Crippen LogP contribution >= 0.6 is 0 Å². The molecule has 0 aliphatic heterocycles. The van der Waals surface area contributed by atoms with Crippen LogP contribution in [0.4, 0.5) is 0 Å². The van der Waals surface area contributed by atoms with Crippen LogP contribution in [0, 0.1) is 5.92 Å². The van der Waals surface area contributed by atoms with Crippen LogP contribution in [0.2, 0.25) is 0 Å². The minimum absolute atomic E-state index is 0.0786. The van der Waals surface area contributed by atoms with Gasteiger partial charge in [0.15, 0.2) is 5.76 Å². The van der Waals surface area contributed by atoms with Crippen LogP contribution < -0.4 is 4.74 Å². The second kappa shape index (κ2) is 5.53. The lowest BCUT2D eigenvalue weighted by Gasteiger charge is -2.14. The first-order valence-electron chi connectivity index (χ1n) is 5.27. The third-order valence-electron chi connectivity index (χ3n) is 2.23. The van der Waals surface area contributed by atoms with E-state index >= 15 is 0 Å². The molecule has 0 spiro atoms. The fraction of sp³-hybridized carbons (Fsp3) is 0.636. The molecule has 5 heteroatoms. The monoisotopic (exact) mass is 227 g/mol. The van der Waals surface area contributed by atoms with Gasteiger partial charge < -0.3 is 14.0 Å². The number of aromatic nitrogens is 1. The molecule has 1 heterocycles. The molecule has 0 saturated heterocycles. The van der Waals surface area contributed by atoms with E-state index in [4.69, 9.17) is 14.0 Å². The average Bonchev–Trinajstić information content (AvgIpc) is 2.66. The van der Waals surface area contributed by atoms with Gasteiger partial charge in [-0.1, -0.05) is 13.8 Å². The van der Waals surface area contributed by atoms with Gasteiger partial charge in [-0.05, 0) is 18.0 Å². The normalized spacial score (nSPS) is 12.6. The molecule has 0 aliphatic rings.